The van der Waals surface area contributed by atoms with Crippen molar-refractivity contribution < 1.29 is 28.4 Å². The Morgan fingerprint density at radius 2 is 1.62 bits per heavy atom. The molecule has 3 amide bonds. The summed E-state index contributed by atoms with van der Waals surface area (Å²) in [6, 6.07) is 14.3. The number of cyclic esters (lactones) is 1. The van der Waals surface area contributed by atoms with Crippen LogP contribution in [0.15, 0.2) is 54.6 Å². The van der Waals surface area contributed by atoms with Gasteiger partial charge in [-0.05, 0) is 47.7 Å². The fraction of sp³-hybridized carbons (Fsp3) is 0.269. The Bertz CT molecular complexity index is 1470. The van der Waals surface area contributed by atoms with Gasteiger partial charge >= 0.3 is 11.1 Å². The average molecular weight is 552 g/mol. The van der Waals surface area contributed by atoms with Gasteiger partial charge in [-0.15, -0.1) is 0 Å². The van der Waals surface area contributed by atoms with Crippen LogP contribution in [0.25, 0.3) is 0 Å². The standard InChI is InChI=1S/C26H22FN5O6S/c27-20-13-16(5-6-21(20)28-9-11-29(12-10-28)22-7-8-23(39-22)32(36)37)30-14-17(38-26(30)35)15-31-24(33)18-3-1-2-4-19(18)25(31)34/h1-8,13,17H,9-12,14-15H2/t17-/m0/s1. The molecule has 0 N–H and O–H groups in total. The van der Waals surface area contributed by atoms with Crippen molar-refractivity contribution in [3.05, 3.63) is 81.7 Å². The topological polar surface area (TPSA) is 117 Å². The Morgan fingerprint density at radius 3 is 2.23 bits per heavy atom. The SMILES string of the molecule is O=C1c2ccccc2C(=O)N1C[C@@H]1CN(c2ccc(N3CCN(c4ccc([N+](=O)[O-])s4)CC3)c(F)c2)C(=O)O1. The molecule has 3 aliphatic heterocycles. The van der Waals surface area contributed by atoms with Crippen molar-refractivity contribution in [1.82, 2.24) is 4.90 Å². The number of nitro groups is 1. The van der Waals surface area contributed by atoms with Crippen LogP contribution in [0.5, 0.6) is 0 Å². The van der Waals surface area contributed by atoms with Crippen LogP contribution in [0, 0.1) is 15.9 Å². The van der Waals surface area contributed by atoms with E-state index in [1.165, 1.54) is 17.0 Å². The zero-order valence-corrected chi connectivity index (χ0v) is 21.3. The molecule has 0 aliphatic carbocycles. The number of carbonyl (C=O) groups excluding carboxylic acids is 3. The molecule has 0 spiro atoms. The van der Waals surface area contributed by atoms with Gasteiger partial charge in [0, 0.05) is 32.2 Å². The van der Waals surface area contributed by atoms with E-state index in [0.29, 0.717) is 48.7 Å². The van der Waals surface area contributed by atoms with Crippen LogP contribution < -0.4 is 14.7 Å². The number of ether oxygens (including phenoxy) is 1. The van der Waals surface area contributed by atoms with Crippen LogP contribution >= 0.6 is 11.3 Å². The number of benzene rings is 2. The Morgan fingerprint density at radius 1 is 0.949 bits per heavy atom. The molecule has 2 fully saturated rings. The molecule has 2 aromatic carbocycles. The predicted octanol–water partition coefficient (Wildman–Crippen LogP) is 3.74. The van der Waals surface area contributed by atoms with Gasteiger partial charge in [0.25, 0.3) is 11.8 Å². The van der Waals surface area contributed by atoms with E-state index in [1.54, 1.807) is 42.5 Å². The van der Waals surface area contributed by atoms with E-state index in [9.17, 15) is 24.5 Å². The zero-order valence-electron chi connectivity index (χ0n) is 20.5. The molecule has 200 valence electrons. The fourth-order valence-electron chi connectivity index (χ4n) is 5.11. The van der Waals surface area contributed by atoms with Crippen molar-refractivity contribution in [2.45, 2.75) is 6.10 Å². The molecule has 13 heteroatoms. The van der Waals surface area contributed by atoms with Crippen LogP contribution in [0.4, 0.5) is 30.6 Å². The molecule has 3 aliphatic rings. The summed E-state index contributed by atoms with van der Waals surface area (Å²) in [5, 5.41) is 11.9. The molecule has 11 nitrogen and oxygen atoms in total. The van der Waals surface area contributed by atoms with Gasteiger partial charge in [0.15, 0.2) is 0 Å². The highest BCUT2D eigenvalue weighted by atomic mass is 32.1. The summed E-state index contributed by atoms with van der Waals surface area (Å²) in [4.78, 5) is 54.7. The summed E-state index contributed by atoms with van der Waals surface area (Å²) in [5.74, 6) is -1.36. The normalized spacial score (nSPS) is 19.1. The van der Waals surface area contributed by atoms with Gasteiger partial charge in [-0.25, -0.2) is 9.18 Å². The number of fused-ring (bicyclic) bond motifs is 1. The Kier molecular flexibility index (Phi) is 6.14. The Hall–Kier alpha value is -4.52. The number of hydrogen-bond donors (Lipinski definition) is 0. The number of rotatable bonds is 6. The van der Waals surface area contributed by atoms with Crippen LogP contribution in [-0.2, 0) is 4.74 Å². The van der Waals surface area contributed by atoms with Crippen molar-refractivity contribution in [3.63, 3.8) is 0 Å². The third-order valence-electron chi connectivity index (χ3n) is 7.07. The maximum absolute atomic E-state index is 15.2. The van der Waals surface area contributed by atoms with E-state index in [2.05, 4.69) is 0 Å². The van der Waals surface area contributed by atoms with Crippen molar-refractivity contribution in [3.8, 4) is 0 Å². The van der Waals surface area contributed by atoms with Gasteiger partial charge in [-0.2, -0.15) is 0 Å². The minimum Gasteiger partial charge on any atom is -0.442 e. The second kappa shape index (κ2) is 9.66. The molecule has 4 heterocycles. The lowest BCUT2D eigenvalue weighted by atomic mass is 10.1. The molecule has 39 heavy (non-hydrogen) atoms. The highest BCUT2D eigenvalue weighted by Gasteiger charge is 2.41. The number of nitrogens with zero attached hydrogens (tertiary/aromatic N) is 5. The number of amides is 3. The Balaban J connectivity index is 1.09. The molecular formula is C26H22FN5O6S. The molecule has 1 aromatic heterocycles. The molecule has 6 rings (SSSR count). The third kappa shape index (κ3) is 4.44. The monoisotopic (exact) mass is 551 g/mol. The zero-order chi connectivity index (χ0) is 27.3. The van der Waals surface area contributed by atoms with E-state index < -0.39 is 34.8 Å². The largest absolute Gasteiger partial charge is 0.442 e. The molecule has 0 bridgehead atoms. The third-order valence-corrected chi connectivity index (χ3v) is 8.17. The summed E-state index contributed by atoms with van der Waals surface area (Å²) in [6.07, 6.45) is -1.42. The average Bonchev–Trinajstić information content (AvgIpc) is 3.63. The number of imide groups is 1. The van der Waals surface area contributed by atoms with Gasteiger partial charge in [0.05, 0.1) is 45.5 Å². The maximum Gasteiger partial charge on any atom is 0.414 e. The first-order valence-corrected chi connectivity index (χ1v) is 13.1. The van der Waals surface area contributed by atoms with E-state index in [0.717, 1.165) is 21.2 Å². The summed E-state index contributed by atoms with van der Waals surface area (Å²) in [6.45, 7) is 2.18. The summed E-state index contributed by atoms with van der Waals surface area (Å²) in [5.41, 5.74) is 1.35. The molecule has 0 saturated carbocycles. The number of piperazine rings is 1. The molecular weight excluding hydrogens is 529 g/mol. The first kappa shape index (κ1) is 24.8. The number of carbonyl (C=O) groups is 3. The quantitative estimate of drug-likeness (QED) is 0.258. The van der Waals surface area contributed by atoms with Gasteiger partial charge in [-0.1, -0.05) is 12.1 Å². The van der Waals surface area contributed by atoms with E-state index in [4.69, 9.17) is 4.74 Å². The van der Waals surface area contributed by atoms with Crippen molar-refractivity contribution in [2.75, 3.05) is 54.0 Å². The van der Waals surface area contributed by atoms with Gasteiger partial charge in [0.2, 0.25) is 0 Å². The first-order valence-electron chi connectivity index (χ1n) is 12.3. The van der Waals surface area contributed by atoms with Crippen molar-refractivity contribution in [2.24, 2.45) is 0 Å². The predicted molar refractivity (Wildman–Crippen MR) is 141 cm³/mol. The highest BCUT2D eigenvalue weighted by molar-refractivity contribution is 7.19. The van der Waals surface area contributed by atoms with Crippen molar-refractivity contribution >= 4 is 50.6 Å². The molecule has 2 saturated heterocycles. The second-order valence-corrected chi connectivity index (χ2v) is 10.4. The highest BCUT2D eigenvalue weighted by Crippen LogP contribution is 2.34. The van der Waals surface area contributed by atoms with Gasteiger partial charge < -0.3 is 14.5 Å². The lowest BCUT2D eigenvalue weighted by Gasteiger charge is -2.36. The molecule has 0 radical (unpaired) electrons. The lowest BCUT2D eigenvalue weighted by molar-refractivity contribution is -0.380. The minimum absolute atomic E-state index is 0.0661. The minimum atomic E-state index is -0.747. The summed E-state index contributed by atoms with van der Waals surface area (Å²) < 4.78 is 20.6. The number of hydrogen-bond acceptors (Lipinski definition) is 9. The van der Waals surface area contributed by atoms with Gasteiger partial charge in [0.1, 0.15) is 11.9 Å². The van der Waals surface area contributed by atoms with E-state index in [1.807, 2.05) is 9.80 Å². The van der Waals surface area contributed by atoms with Crippen LogP contribution in [0.1, 0.15) is 20.7 Å². The van der Waals surface area contributed by atoms with Crippen molar-refractivity contribution in [1.29, 1.82) is 0 Å². The number of anilines is 3. The Labute approximate surface area is 225 Å². The molecule has 3 aromatic rings. The van der Waals surface area contributed by atoms with E-state index in [-0.39, 0.29) is 18.1 Å². The molecule has 1 atom stereocenters. The van der Waals surface area contributed by atoms with Gasteiger partial charge in [-0.3, -0.25) is 29.5 Å². The molecule has 0 unspecified atom stereocenters. The smallest absolute Gasteiger partial charge is 0.414 e. The number of thiophene rings is 1. The van der Waals surface area contributed by atoms with Crippen LogP contribution in [0.3, 0.4) is 0 Å². The second-order valence-electron chi connectivity index (χ2n) is 9.36. The maximum atomic E-state index is 15.2. The van der Waals surface area contributed by atoms with Crippen LogP contribution in [0.2, 0.25) is 0 Å². The first-order chi connectivity index (χ1) is 18.8. The fourth-order valence-corrected chi connectivity index (χ4v) is 5.98. The number of halogens is 1. The summed E-state index contributed by atoms with van der Waals surface area (Å²) in [7, 11) is 0. The van der Waals surface area contributed by atoms with E-state index >= 15 is 4.39 Å². The lowest BCUT2D eigenvalue weighted by Crippen LogP contribution is -2.46. The van der Waals surface area contributed by atoms with Crippen LogP contribution in [-0.4, -0.2) is 73.1 Å². The summed E-state index contributed by atoms with van der Waals surface area (Å²) >= 11 is 1.12.